The van der Waals surface area contributed by atoms with Gasteiger partial charge in [-0.15, -0.1) is 10.2 Å². The molecule has 0 saturated heterocycles. The zero-order chi connectivity index (χ0) is 13.7. The Kier molecular flexibility index (Phi) is 4.57. The molecule has 0 aliphatic rings. The lowest BCUT2D eigenvalue weighted by Gasteiger charge is -2.14. The van der Waals surface area contributed by atoms with E-state index in [2.05, 4.69) is 29.3 Å². The van der Waals surface area contributed by atoms with E-state index in [9.17, 15) is 4.79 Å². The van der Waals surface area contributed by atoms with Crippen LogP contribution in [-0.4, -0.2) is 31.6 Å². The Morgan fingerprint density at radius 3 is 2.84 bits per heavy atom. The van der Waals surface area contributed by atoms with Crippen molar-refractivity contribution >= 4 is 17.7 Å². The second-order valence-corrected chi connectivity index (χ2v) is 5.18. The summed E-state index contributed by atoms with van der Waals surface area (Å²) in [6, 6.07) is 10.3. The zero-order valence-corrected chi connectivity index (χ0v) is 11.4. The summed E-state index contributed by atoms with van der Waals surface area (Å²) in [5.74, 6) is -0.855. The van der Waals surface area contributed by atoms with Crippen LogP contribution < -0.4 is 0 Å². The standard InChI is InChI=1S/C13H15N3O2S/c1-10(7-11-5-3-2-4-6-11)16-9-14-15-13(16)19-8-12(17)18/h2-6,9-10H,7-8H2,1H3,(H,17,18). The maximum Gasteiger partial charge on any atom is 0.313 e. The van der Waals surface area contributed by atoms with Gasteiger partial charge in [-0.25, -0.2) is 0 Å². The number of hydrogen-bond acceptors (Lipinski definition) is 4. The summed E-state index contributed by atoms with van der Waals surface area (Å²) < 4.78 is 1.92. The predicted octanol–water partition coefficient (Wildman–Crippen LogP) is 2.26. The number of aromatic nitrogens is 3. The monoisotopic (exact) mass is 277 g/mol. The van der Waals surface area contributed by atoms with Crippen molar-refractivity contribution in [3.05, 3.63) is 42.2 Å². The van der Waals surface area contributed by atoms with Crippen molar-refractivity contribution in [1.29, 1.82) is 0 Å². The molecule has 0 saturated carbocycles. The molecule has 0 bridgehead atoms. The molecule has 19 heavy (non-hydrogen) atoms. The van der Waals surface area contributed by atoms with E-state index in [0.29, 0.717) is 5.16 Å². The van der Waals surface area contributed by atoms with Crippen molar-refractivity contribution in [2.45, 2.75) is 24.5 Å². The van der Waals surface area contributed by atoms with Crippen LogP contribution in [-0.2, 0) is 11.2 Å². The van der Waals surface area contributed by atoms with Crippen LogP contribution >= 0.6 is 11.8 Å². The maximum atomic E-state index is 10.6. The van der Waals surface area contributed by atoms with Crippen molar-refractivity contribution in [1.82, 2.24) is 14.8 Å². The van der Waals surface area contributed by atoms with Crippen LogP contribution in [0.4, 0.5) is 0 Å². The number of rotatable bonds is 6. The molecule has 2 aromatic rings. The summed E-state index contributed by atoms with van der Waals surface area (Å²) in [7, 11) is 0. The van der Waals surface area contributed by atoms with Crippen LogP contribution in [0.5, 0.6) is 0 Å². The highest BCUT2D eigenvalue weighted by Crippen LogP contribution is 2.21. The molecule has 0 radical (unpaired) electrons. The SMILES string of the molecule is CC(Cc1ccccc1)n1cnnc1SCC(=O)O. The Balaban J connectivity index is 2.05. The first-order valence-electron chi connectivity index (χ1n) is 5.95. The fourth-order valence-electron chi connectivity index (χ4n) is 1.82. The van der Waals surface area contributed by atoms with Gasteiger partial charge in [-0.3, -0.25) is 4.79 Å². The smallest absolute Gasteiger partial charge is 0.313 e. The number of nitrogens with zero attached hydrogens (tertiary/aromatic N) is 3. The average molecular weight is 277 g/mol. The molecule has 0 aliphatic heterocycles. The van der Waals surface area contributed by atoms with Crippen molar-refractivity contribution in [3.63, 3.8) is 0 Å². The minimum Gasteiger partial charge on any atom is -0.481 e. The van der Waals surface area contributed by atoms with E-state index < -0.39 is 5.97 Å². The molecule has 1 aromatic carbocycles. The van der Waals surface area contributed by atoms with Gasteiger partial charge < -0.3 is 9.67 Å². The van der Waals surface area contributed by atoms with E-state index >= 15 is 0 Å². The fraction of sp³-hybridized carbons (Fsp3) is 0.308. The Bertz CT molecular complexity index is 542. The summed E-state index contributed by atoms with van der Waals surface area (Å²) >= 11 is 1.19. The molecule has 1 aromatic heterocycles. The largest absolute Gasteiger partial charge is 0.481 e. The highest BCUT2D eigenvalue weighted by Gasteiger charge is 2.13. The first-order chi connectivity index (χ1) is 9.16. The third-order valence-electron chi connectivity index (χ3n) is 2.71. The molecular weight excluding hydrogens is 262 g/mol. The molecule has 1 unspecified atom stereocenters. The van der Waals surface area contributed by atoms with Crippen LogP contribution in [0.2, 0.25) is 0 Å². The second kappa shape index (κ2) is 6.38. The number of carboxylic acids is 1. The van der Waals surface area contributed by atoms with Crippen molar-refractivity contribution in [2.75, 3.05) is 5.75 Å². The number of hydrogen-bond donors (Lipinski definition) is 1. The lowest BCUT2D eigenvalue weighted by molar-refractivity contribution is -0.133. The Hall–Kier alpha value is -1.82. The molecule has 1 heterocycles. The number of thioether (sulfide) groups is 1. The van der Waals surface area contributed by atoms with Gasteiger partial charge in [0.25, 0.3) is 0 Å². The number of carboxylic acid groups (broad SMARTS) is 1. The van der Waals surface area contributed by atoms with Gasteiger partial charge in [-0.2, -0.15) is 0 Å². The zero-order valence-electron chi connectivity index (χ0n) is 10.6. The molecule has 2 rings (SSSR count). The maximum absolute atomic E-state index is 10.6. The molecule has 5 nitrogen and oxygen atoms in total. The average Bonchev–Trinajstić information content (AvgIpc) is 2.86. The number of carbonyl (C=O) groups is 1. The minimum atomic E-state index is -0.852. The molecule has 1 atom stereocenters. The number of benzene rings is 1. The van der Waals surface area contributed by atoms with Gasteiger partial charge >= 0.3 is 5.97 Å². The fourth-order valence-corrected chi connectivity index (χ4v) is 2.55. The van der Waals surface area contributed by atoms with Crippen molar-refractivity contribution < 1.29 is 9.90 Å². The van der Waals surface area contributed by atoms with E-state index in [0.717, 1.165) is 6.42 Å². The molecule has 1 N–H and O–H groups in total. The Morgan fingerprint density at radius 2 is 2.16 bits per heavy atom. The quantitative estimate of drug-likeness (QED) is 0.820. The normalized spacial score (nSPS) is 12.3. The van der Waals surface area contributed by atoms with Crippen LogP contribution in [0.25, 0.3) is 0 Å². The third kappa shape index (κ3) is 3.82. The molecule has 0 amide bonds. The lowest BCUT2D eigenvalue weighted by Crippen LogP contribution is -2.09. The summed E-state index contributed by atoms with van der Waals surface area (Å²) in [5, 5.41) is 17.2. The van der Waals surface area contributed by atoms with E-state index in [1.165, 1.54) is 17.3 Å². The van der Waals surface area contributed by atoms with Gasteiger partial charge in [-0.1, -0.05) is 42.1 Å². The molecule has 6 heteroatoms. The predicted molar refractivity (Wildman–Crippen MR) is 73.2 cm³/mol. The highest BCUT2D eigenvalue weighted by atomic mass is 32.2. The Morgan fingerprint density at radius 1 is 1.42 bits per heavy atom. The summed E-state index contributed by atoms with van der Waals surface area (Å²) in [4.78, 5) is 10.6. The van der Waals surface area contributed by atoms with Crippen LogP contribution in [0.15, 0.2) is 41.8 Å². The summed E-state index contributed by atoms with van der Waals surface area (Å²) in [5.41, 5.74) is 1.23. The second-order valence-electron chi connectivity index (χ2n) is 4.24. The molecule has 0 aliphatic carbocycles. The van der Waals surface area contributed by atoms with E-state index in [-0.39, 0.29) is 11.8 Å². The molecule has 0 spiro atoms. The first-order valence-corrected chi connectivity index (χ1v) is 6.93. The van der Waals surface area contributed by atoms with Crippen LogP contribution in [0.1, 0.15) is 18.5 Å². The van der Waals surface area contributed by atoms with Gasteiger partial charge in [0.05, 0.1) is 5.75 Å². The van der Waals surface area contributed by atoms with Crippen LogP contribution in [0.3, 0.4) is 0 Å². The van der Waals surface area contributed by atoms with Gasteiger partial charge in [0.15, 0.2) is 5.16 Å². The van der Waals surface area contributed by atoms with Gasteiger partial charge in [0.1, 0.15) is 6.33 Å². The van der Waals surface area contributed by atoms with E-state index in [4.69, 9.17) is 5.11 Å². The highest BCUT2D eigenvalue weighted by molar-refractivity contribution is 7.99. The molecule has 0 fully saturated rings. The summed E-state index contributed by atoms with van der Waals surface area (Å²) in [6.45, 7) is 2.07. The van der Waals surface area contributed by atoms with Crippen molar-refractivity contribution in [3.8, 4) is 0 Å². The summed E-state index contributed by atoms with van der Waals surface area (Å²) in [6.07, 6.45) is 2.51. The van der Waals surface area contributed by atoms with Crippen molar-refractivity contribution in [2.24, 2.45) is 0 Å². The number of aliphatic carboxylic acids is 1. The van der Waals surface area contributed by atoms with Gasteiger partial charge in [0.2, 0.25) is 0 Å². The third-order valence-corrected chi connectivity index (χ3v) is 3.66. The van der Waals surface area contributed by atoms with Gasteiger partial charge in [-0.05, 0) is 18.9 Å². The Labute approximate surface area is 115 Å². The topological polar surface area (TPSA) is 68.0 Å². The van der Waals surface area contributed by atoms with E-state index in [1.54, 1.807) is 6.33 Å². The van der Waals surface area contributed by atoms with Gasteiger partial charge in [0, 0.05) is 6.04 Å². The lowest BCUT2D eigenvalue weighted by atomic mass is 10.1. The molecule has 100 valence electrons. The minimum absolute atomic E-state index is 0.00322. The first kappa shape index (κ1) is 13.6. The van der Waals surface area contributed by atoms with Crippen LogP contribution in [0, 0.1) is 0 Å². The molecular formula is C13H15N3O2S. The van der Waals surface area contributed by atoms with E-state index in [1.807, 2.05) is 22.8 Å².